The highest BCUT2D eigenvalue weighted by Crippen LogP contribution is 2.27. The molecule has 1 heterocycles. The summed E-state index contributed by atoms with van der Waals surface area (Å²) in [5, 5.41) is 4.47. The molecular weight excluding hydrogens is 378 g/mol. The van der Waals surface area contributed by atoms with E-state index in [4.69, 9.17) is 27.9 Å². The van der Waals surface area contributed by atoms with Gasteiger partial charge in [0.2, 0.25) is 0 Å². The molecule has 3 aromatic rings. The lowest BCUT2D eigenvalue weighted by Gasteiger charge is -2.09. The van der Waals surface area contributed by atoms with Crippen molar-refractivity contribution in [2.24, 2.45) is 0 Å². The van der Waals surface area contributed by atoms with Crippen molar-refractivity contribution in [2.45, 2.75) is 13.3 Å². The van der Waals surface area contributed by atoms with Crippen LogP contribution in [0.5, 0.6) is 5.75 Å². The van der Waals surface area contributed by atoms with Crippen LogP contribution in [0.15, 0.2) is 36.4 Å². The largest absolute Gasteiger partial charge is 0.482 e. The average Bonchev–Trinajstić information content (AvgIpc) is 2.89. The van der Waals surface area contributed by atoms with Gasteiger partial charge >= 0.3 is 0 Å². The van der Waals surface area contributed by atoms with Crippen molar-refractivity contribution in [2.75, 3.05) is 13.2 Å². The van der Waals surface area contributed by atoms with Gasteiger partial charge in [-0.05, 0) is 55.3 Å². The molecule has 136 valence electrons. The first-order chi connectivity index (χ1) is 12.4. The summed E-state index contributed by atoms with van der Waals surface area (Å²) in [6.45, 7) is 2.20. The molecule has 0 radical (unpaired) electrons. The van der Waals surface area contributed by atoms with Crippen LogP contribution in [0.2, 0.25) is 10.0 Å². The predicted octanol–water partition coefficient (Wildman–Crippen LogP) is 4.66. The summed E-state index contributed by atoms with van der Waals surface area (Å²) in [5.74, 6) is -0.149. The zero-order valence-electron chi connectivity index (χ0n) is 14.0. The van der Waals surface area contributed by atoms with Gasteiger partial charge in [0.05, 0.1) is 5.02 Å². The minimum atomic E-state index is -0.282. The summed E-state index contributed by atoms with van der Waals surface area (Å²) in [4.78, 5) is 15.2. The van der Waals surface area contributed by atoms with Gasteiger partial charge in [0.25, 0.3) is 5.91 Å². The van der Waals surface area contributed by atoms with E-state index in [1.165, 1.54) is 12.1 Å². The normalized spacial score (nSPS) is 10.9. The predicted molar refractivity (Wildman–Crippen MR) is 102 cm³/mol. The maximum atomic E-state index is 13.5. The lowest BCUT2D eigenvalue weighted by Crippen LogP contribution is -2.30. The quantitative estimate of drug-likeness (QED) is 0.638. The number of aryl methyl sites for hydroxylation is 1. The molecule has 0 unspecified atom stereocenters. The Labute approximate surface area is 160 Å². The average molecular weight is 395 g/mol. The summed E-state index contributed by atoms with van der Waals surface area (Å²) >= 11 is 11.8. The molecule has 26 heavy (non-hydrogen) atoms. The third kappa shape index (κ3) is 4.29. The van der Waals surface area contributed by atoms with E-state index in [1.54, 1.807) is 24.3 Å². The molecule has 0 spiro atoms. The first-order valence-electron chi connectivity index (χ1n) is 8.05. The van der Waals surface area contributed by atoms with Crippen LogP contribution >= 0.6 is 23.2 Å². The Bertz CT molecular complexity index is 956. The van der Waals surface area contributed by atoms with Gasteiger partial charge < -0.3 is 15.0 Å². The second-order valence-electron chi connectivity index (χ2n) is 5.88. The van der Waals surface area contributed by atoms with E-state index >= 15 is 0 Å². The molecule has 3 rings (SSSR count). The number of hydrogen-bond acceptors (Lipinski definition) is 2. The first kappa shape index (κ1) is 18.5. The van der Waals surface area contributed by atoms with Crippen molar-refractivity contribution >= 4 is 40.0 Å². The van der Waals surface area contributed by atoms with Crippen LogP contribution in [0, 0.1) is 12.7 Å². The van der Waals surface area contributed by atoms with Crippen molar-refractivity contribution in [3.8, 4) is 5.75 Å². The zero-order chi connectivity index (χ0) is 18.7. The number of ether oxygens (including phenoxy) is 1. The summed E-state index contributed by atoms with van der Waals surface area (Å²) in [7, 11) is 0. The standard InChI is InChI=1S/C19H17Cl2FN2O2/c1-11-14(15-9-13(22)3-4-17(15)24-11)6-7-23-19(25)10-26-18-5-2-12(20)8-16(18)21/h2-5,8-9,24H,6-7,10H2,1H3,(H,23,25). The Hall–Kier alpha value is -2.24. The van der Waals surface area contributed by atoms with E-state index in [0.717, 1.165) is 22.2 Å². The Balaban J connectivity index is 1.54. The van der Waals surface area contributed by atoms with Gasteiger partial charge in [-0.25, -0.2) is 4.39 Å². The second-order valence-corrected chi connectivity index (χ2v) is 6.73. The zero-order valence-corrected chi connectivity index (χ0v) is 15.5. The number of carbonyl (C=O) groups excluding carboxylic acids is 1. The minimum Gasteiger partial charge on any atom is -0.482 e. The van der Waals surface area contributed by atoms with Gasteiger partial charge in [-0.2, -0.15) is 0 Å². The number of aromatic amines is 1. The topological polar surface area (TPSA) is 54.1 Å². The SMILES string of the molecule is Cc1[nH]c2ccc(F)cc2c1CCNC(=O)COc1ccc(Cl)cc1Cl. The highest BCUT2D eigenvalue weighted by molar-refractivity contribution is 6.35. The fraction of sp³-hybridized carbons (Fsp3) is 0.211. The summed E-state index contributed by atoms with van der Waals surface area (Å²) in [5.41, 5.74) is 2.83. The van der Waals surface area contributed by atoms with Crippen molar-refractivity contribution < 1.29 is 13.9 Å². The molecule has 0 aliphatic rings. The van der Waals surface area contributed by atoms with Crippen LogP contribution < -0.4 is 10.1 Å². The Morgan fingerprint density at radius 3 is 2.81 bits per heavy atom. The smallest absolute Gasteiger partial charge is 0.257 e. The molecule has 1 aromatic heterocycles. The second kappa shape index (κ2) is 7.98. The summed E-state index contributed by atoms with van der Waals surface area (Å²) in [6.07, 6.45) is 0.586. The number of H-pyrrole nitrogens is 1. The van der Waals surface area contributed by atoms with E-state index in [-0.39, 0.29) is 18.3 Å². The van der Waals surface area contributed by atoms with Gasteiger partial charge in [-0.1, -0.05) is 23.2 Å². The van der Waals surface area contributed by atoms with Gasteiger partial charge in [0.15, 0.2) is 6.61 Å². The summed E-state index contributed by atoms with van der Waals surface area (Å²) in [6, 6.07) is 9.44. The van der Waals surface area contributed by atoms with Crippen molar-refractivity contribution in [3.05, 3.63) is 63.5 Å². The van der Waals surface area contributed by atoms with E-state index < -0.39 is 0 Å². The molecular formula is C19H17Cl2FN2O2. The van der Waals surface area contributed by atoms with Crippen LogP contribution in [-0.4, -0.2) is 24.0 Å². The molecule has 7 heteroatoms. The van der Waals surface area contributed by atoms with Gasteiger partial charge in [0.1, 0.15) is 11.6 Å². The number of halogens is 3. The molecule has 0 aliphatic heterocycles. The van der Waals surface area contributed by atoms with Crippen LogP contribution in [0.4, 0.5) is 4.39 Å². The van der Waals surface area contributed by atoms with Crippen molar-refractivity contribution in [1.29, 1.82) is 0 Å². The molecule has 0 saturated carbocycles. The Morgan fingerprint density at radius 2 is 2.04 bits per heavy atom. The number of benzene rings is 2. The van der Waals surface area contributed by atoms with E-state index in [2.05, 4.69) is 10.3 Å². The van der Waals surface area contributed by atoms with Crippen molar-refractivity contribution in [1.82, 2.24) is 10.3 Å². The number of fused-ring (bicyclic) bond motifs is 1. The van der Waals surface area contributed by atoms with Crippen LogP contribution in [0.3, 0.4) is 0 Å². The first-order valence-corrected chi connectivity index (χ1v) is 8.81. The van der Waals surface area contributed by atoms with E-state index in [1.807, 2.05) is 6.92 Å². The van der Waals surface area contributed by atoms with Crippen LogP contribution in [-0.2, 0) is 11.2 Å². The molecule has 1 amide bonds. The highest BCUT2D eigenvalue weighted by Gasteiger charge is 2.11. The maximum Gasteiger partial charge on any atom is 0.257 e. The van der Waals surface area contributed by atoms with Crippen LogP contribution in [0.25, 0.3) is 10.9 Å². The lowest BCUT2D eigenvalue weighted by atomic mass is 10.1. The van der Waals surface area contributed by atoms with E-state index in [0.29, 0.717) is 28.8 Å². The summed E-state index contributed by atoms with van der Waals surface area (Å²) < 4.78 is 18.9. The minimum absolute atomic E-state index is 0.150. The number of carbonyl (C=O) groups is 1. The molecule has 0 saturated heterocycles. The molecule has 2 N–H and O–H groups in total. The monoisotopic (exact) mass is 394 g/mol. The molecule has 0 bridgehead atoms. The van der Waals surface area contributed by atoms with Gasteiger partial charge in [-0.3, -0.25) is 4.79 Å². The third-order valence-corrected chi connectivity index (χ3v) is 4.56. The Morgan fingerprint density at radius 1 is 1.23 bits per heavy atom. The molecule has 0 fully saturated rings. The van der Waals surface area contributed by atoms with Crippen LogP contribution in [0.1, 0.15) is 11.3 Å². The highest BCUT2D eigenvalue weighted by atomic mass is 35.5. The van der Waals surface area contributed by atoms with Gasteiger partial charge in [-0.15, -0.1) is 0 Å². The molecule has 0 atom stereocenters. The number of nitrogens with one attached hydrogen (secondary N) is 2. The fourth-order valence-electron chi connectivity index (χ4n) is 2.79. The fourth-order valence-corrected chi connectivity index (χ4v) is 3.25. The number of rotatable bonds is 6. The third-order valence-electron chi connectivity index (χ3n) is 4.03. The number of hydrogen-bond donors (Lipinski definition) is 2. The van der Waals surface area contributed by atoms with Crippen molar-refractivity contribution in [3.63, 3.8) is 0 Å². The van der Waals surface area contributed by atoms with Gasteiger partial charge in [0, 0.05) is 28.2 Å². The maximum absolute atomic E-state index is 13.5. The number of aromatic nitrogens is 1. The van der Waals surface area contributed by atoms with E-state index in [9.17, 15) is 9.18 Å². The number of amides is 1. The molecule has 4 nitrogen and oxygen atoms in total. The molecule has 2 aromatic carbocycles. The molecule has 0 aliphatic carbocycles. The Kier molecular flexibility index (Phi) is 5.69. The lowest BCUT2D eigenvalue weighted by molar-refractivity contribution is -0.123.